The van der Waals surface area contributed by atoms with Gasteiger partial charge in [-0.25, -0.2) is 4.39 Å². The van der Waals surface area contributed by atoms with Crippen molar-refractivity contribution in [1.82, 2.24) is 0 Å². The molecule has 0 unspecified atom stereocenters. The number of phenolic OH excluding ortho intramolecular Hbond substituents is 1. The van der Waals surface area contributed by atoms with Gasteiger partial charge < -0.3 is 10.2 Å². The number of carboxylic acids is 1. The van der Waals surface area contributed by atoms with E-state index in [0.29, 0.717) is 18.4 Å². The smallest absolute Gasteiger partial charge is 0.314 e. The first-order valence-electron chi connectivity index (χ1n) is 5.20. The Morgan fingerprint density at radius 2 is 2.06 bits per heavy atom. The molecule has 0 aliphatic heterocycles. The Kier molecular flexibility index (Phi) is 2.37. The van der Waals surface area contributed by atoms with Crippen molar-refractivity contribution in [3.8, 4) is 5.75 Å². The van der Waals surface area contributed by atoms with Gasteiger partial charge >= 0.3 is 5.97 Å². The van der Waals surface area contributed by atoms with E-state index in [-0.39, 0.29) is 11.3 Å². The number of benzene rings is 1. The van der Waals surface area contributed by atoms with Crippen molar-refractivity contribution in [3.63, 3.8) is 0 Å². The van der Waals surface area contributed by atoms with Gasteiger partial charge in [-0.2, -0.15) is 0 Å². The molecule has 1 saturated carbocycles. The Morgan fingerprint density at radius 1 is 1.44 bits per heavy atom. The predicted octanol–water partition coefficient (Wildman–Crippen LogP) is 2.35. The van der Waals surface area contributed by atoms with E-state index in [1.807, 2.05) is 0 Å². The minimum absolute atomic E-state index is 0.0940. The molecule has 4 heteroatoms. The molecular weight excluding hydrogens is 211 g/mol. The van der Waals surface area contributed by atoms with Crippen molar-refractivity contribution in [2.45, 2.75) is 31.6 Å². The van der Waals surface area contributed by atoms with E-state index in [2.05, 4.69) is 0 Å². The van der Waals surface area contributed by atoms with E-state index in [1.54, 1.807) is 6.92 Å². The summed E-state index contributed by atoms with van der Waals surface area (Å²) in [5.74, 6) is -1.58. The molecule has 2 N–H and O–H groups in total. The topological polar surface area (TPSA) is 57.5 Å². The zero-order chi connectivity index (χ0) is 11.9. The molecule has 0 bridgehead atoms. The maximum absolute atomic E-state index is 13.3. The van der Waals surface area contributed by atoms with E-state index < -0.39 is 17.2 Å². The van der Waals surface area contributed by atoms with Gasteiger partial charge in [0.2, 0.25) is 0 Å². The molecule has 0 atom stereocenters. The number of carboxylic acid groups (broad SMARTS) is 1. The summed E-state index contributed by atoms with van der Waals surface area (Å²) in [6.45, 7) is 1.57. The molecule has 1 aromatic rings. The van der Waals surface area contributed by atoms with E-state index in [1.165, 1.54) is 6.07 Å². The molecule has 1 aliphatic carbocycles. The van der Waals surface area contributed by atoms with Gasteiger partial charge in [0, 0.05) is 5.56 Å². The summed E-state index contributed by atoms with van der Waals surface area (Å²) >= 11 is 0. The standard InChI is InChI=1S/C12H13FO3/c1-7-5-8(13)6-9(10(7)14)12(11(15)16)3-2-4-12/h5-6,14H,2-4H2,1H3,(H,15,16). The fraction of sp³-hybridized carbons (Fsp3) is 0.417. The molecule has 1 aromatic carbocycles. The van der Waals surface area contributed by atoms with E-state index in [4.69, 9.17) is 0 Å². The molecule has 0 radical (unpaired) electrons. The van der Waals surface area contributed by atoms with Crippen LogP contribution in [0.2, 0.25) is 0 Å². The van der Waals surface area contributed by atoms with Gasteiger partial charge in [0.1, 0.15) is 11.6 Å². The Bertz CT molecular complexity index is 450. The van der Waals surface area contributed by atoms with Crippen LogP contribution in [0.5, 0.6) is 5.75 Å². The maximum Gasteiger partial charge on any atom is 0.314 e. The summed E-state index contributed by atoms with van der Waals surface area (Å²) in [7, 11) is 0. The van der Waals surface area contributed by atoms with Crippen LogP contribution in [0.4, 0.5) is 4.39 Å². The second-order valence-electron chi connectivity index (χ2n) is 4.36. The highest BCUT2D eigenvalue weighted by molar-refractivity contribution is 5.83. The van der Waals surface area contributed by atoms with Gasteiger partial charge in [0.15, 0.2) is 0 Å². The maximum atomic E-state index is 13.3. The first-order valence-corrected chi connectivity index (χ1v) is 5.20. The molecule has 0 amide bonds. The molecule has 2 rings (SSSR count). The van der Waals surface area contributed by atoms with Crippen LogP contribution in [0, 0.1) is 12.7 Å². The number of rotatable bonds is 2. The molecule has 0 aromatic heterocycles. The van der Waals surface area contributed by atoms with Crippen molar-refractivity contribution in [1.29, 1.82) is 0 Å². The highest BCUT2D eigenvalue weighted by Crippen LogP contribution is 2.48. The highest BCUT2D eigenvalue weighted by atomic mass is 19.1. The van der Waals surface area contributed by atoms with E-state index >= 15 is 0 Å². The van der Waals surface area contributed by atoms with Crippen molar-refractivity contribution in [3.05, 3.63) is 29.1 Å². The fourth-order valence-electron chi connectivity index (χ4n) is 2.23. The second kappa shape index (κ2) is 3.47. The third-order valence-electron chi connectivity index (χ3n) is 3.40. The van der Waals surface area contributed by atoms with Crippen LogP contribution in [-0.2, 0) is 10.2 Å². The lowest BCUT2D eigenvalue weighted by Gasteiger charge is -2.38. The van der Waals surface area contributed by atoms with Crippen LogP contribution >= 0.6 is 0 Å². The van der Waals surface area contributed by atoms with Gasteiger partial charge in [0.05, 0.1) is 5.41 Å². The average Bonchev–Trinajstić information content (AvgIpc) is 2.10. The molecule has 1 fully saturated rings. The summed E-state index contributed by atoms with van der Waals surface area (Å²) in [6.07, 6.45) is 1.71. The molecule has 1 aliphatic rings. The largest absolute Gasteiger partial charge is 0.507 e. The molecule has 0 heterocycles. The van der Waals surface area contributed by atoms with Crippen LogP contribution in [0.25, 0.3) is 0 Å². The zero-order valence-electron chi connectivity index (χ0n) is 8.96. The number of aromatic hydroxyl groups is 1. The van der Waals surface area contributed by atoms with Crippen LogP contribution in [0.15, 0.2) is 12.1 Å². The quantitative estimate of drug-likeness (QED) is 0.810. The van der Waals surface area contributed by atoms with Crippen LogP contribution in [0.1, 0.15) is 30.4 Å². The summed E-state index contributed by atoms with van der Waals surface area (Å²) in [5.41, 5.74) is -0.497. The van der Waals surface area contributed by atoms with Crippen molar-refractivity contribution in [2.75, 3.05) is 0 Å². The number of hydrogen-bond donors (Lipinski definition) is 2. The first kappa shape index (κ1) is 10.9. The lowest BCUT2D eigenvalue weighted by atomic mass is 9.64. The number of aliphatic carboxylic acids is 1. The number of hydrogen-bond acceptors (Lipinski definition) is 2. The van der Waals surface area contributed by atoms with Gasteiger partial charge in [0.25, 0.3) is 0 Å². The van der Waals surface area contributed by atoms with Crippen LogP contribution in [0.3, 0.4) is 0 Å². The van der Waals surface area contributed by atoms with Gasteiger partial charge in [-0.1, -0.05) is 6.42 Å². The minimum Gasteiger partial charge on any atom is -0.507 e. The highest BCUT2D eigenvalue weighted by Gasteiger charge is 2.47. The molecule has 0 saturated heterocycles. The predicted molar refractivity (Wildman–Crippen MR) is 56.0 cm³/mol. The average molecular weight is 224 g/mol. The molecular formula is C12H13FO3. The number of phenols is 1. The number of carbonyl (C=O) groups is 1. The van der Waals surface area contributed by atoms with Crippen LogP contribution < -0.4 is 0 Å². The van der Waals surface area contributed by atoms with Crippen LogP contribution in [-0.4, -0.2) is 16.2 Å². The Balaban J connectivity index is 2.59. The van der Waals surface area contributed by atoms with Crippen molar-refractivity contribution >= 4 is 5.97 Å². The second-order valence-corrected chi connectivity index (χ2v) is 4.36. The zero-order valence-corrected chi connectivity index (χ0v) is 8.96. The van der Waals surface area contributed by atoms with Crippen molar-refractivity contribution < 1.29 is 19.4 Å². The Hall–Kier alpha value is -1.58. The minimum atomic E-state index is -1.09. The van der Waals surface area contributed by atoms with E-state index in [0.717, 1.165) is 12.5 Å². The lowest BCUT2D eigenvalue weighted by Crippen LogP contribution is -2.42. The summed E-state index contributed by atoms with van der Waals surface area (Å²) < 4.78 is 13.3. The summed E-state index contributed by atoms with van der Waals surface area (Å²) in [4.78, 5) is 11.2. The normalized spacial score (nSPS) is 17.9. The lowest BCUT2D eigenvalue weighted by molar-refractivity contribution is -0.147. The van der Waals surface area contributed by atoms with Gasteiger partial charge in [-0.3, -0.25) is 4.79 Å². The fourth-order valence-corrected chi connectivity index (χ4v) is 2.23. The van der Waals surface area contributed by atoms with Gasteiger partial charge in [-0.15, -0.1) is 0 Å². The van der Waals surface area contributed by atoms with Gasteiger partial charge in [-0.05, 0) is 37.5 Å². The molecule has 86 valence electrons. The summed E-state index contributed by atoms with van der Waals surface area (Å²) in [6, 6.07) is 2.34. The third-order valence-corrected chi connectivity index (χ3v) is 3.40. The Morgan fingerprint density at radius 3 is 2.50 bits per heavy atom. The monoisotopic (exact) mass is 224 g/mol. The molecule has 16 heavy (non-hydrogen) atoms. The SMILES string of the molecule is Cc1cc(F)cc(C2(C(=O)O)CCC2)c1O. The molecule has 0 spiro atoms. The van der Waals surface area contributed by atoms with E-state index in [9.17, 15) is 19.4 Å². The number of halogens is 1. The Labute approximate surface area is 92.5 Å². The first-order chi connectivity index (χ1) is 7.47. The third kappa shape index (κ3) is 1.37. The number of aryl methyl sites for hydroxylation is 1. The summed E-state index contributed by atoms with van der Waals surface area (Å²) in [5, 5.41) is 19.1. The molecule has 3 nitrogen and oxygen atoms in total. The van der Waals surface area contributed by atoms with Crippen molar-refractivity contribution in [2.24, 2.45) is 0 Å².